The maximum Gasteiger partial charge on any atom is 0.508 e. The molecule has 0 aliphatic heterocycles. The van der Waals surface area contributed by atoms with Crippen LogP contribution in [-0.4, -0.2) is 23.8 Å². The van der Waals surface area contributed by atoms with Crippen LogP contribution in [0.1, 0.15) is 19.8 Å². The Labute approximate surface area is 66.4 Å². The Morgan fingerprint density at radius 3 is 2.73 bits per heavy atom. The Balaban J connectivity index is 3.24. The van der Waals surface area contributed by atoms with E-state index in [0.717, 1.165) is 0 Å². The first kappa shape index (κ1) is 10.5. The average Bonchev–Trinajstić information content (AvgIpc) is 1.87. The summed E-state index contributed by atoms with van der Waals surface area (Å²) in [5.41, 5.74) is 0. The summed E-state index contributed by atoms with van der Waals surface area (Å²) in [6.07, 6.45) is 0.828. The number of hydrogen-bond donors (Lipinski definition) is 1. The minimum atomic E-state index is -1.62. The number of aliphatic carboxylic acids is 1. The van der Waals surface area contributed by atoms with Crippen molar-refractivity contribution in [3.05, 3.63) is 0 Å². The summed E-state index contributed by atoms with van der Waals surface area (Å²) in [7, 11) is -1.62. The highest BCUT2D eigenvalue weighted by atomic mass is 31.1. The Kier molecular flexibility index (Phi) is 5.99. The molecule has 0 aliphatic carbocycles. The van der Waals surface area contributed by atoms with Gasteiger partial charge in [-0.25, -0.2) is 0 Å². The number of carboxylic acids is 1. The first-order chi connectivity index (χ1) is 5.16. The van der Waals surface area contributed by atoms with Gasteiger partial charge in [-0.15, -0.1) is 4.52 Å². The summed E-state index contributed by atoms with van der Waals surface area (Å²) >= 11 is 0. The zero-order valence-electron chi connectivity index (χ0n) is 6.45. The molecule has 11 heavy (non-hydrogen) atoms. The second-order valence-corrected chi connectivity index (χ2v) is 3.34. The van der Waals surface area contributed by atoms with Gasteiger partial charge in [0.05, 0.1) is 6.61 Å². The molecule has 0 radical (unpaired) electrons. The second-order valence-electron chi connectivity index (χ2n) is 1.97. The van der Waals surface area contributed by atoms with Crippen molar-refractivity contribution in [1.82, 2.24) is 0 Å². The standard InChI is InChI=1S/C6H11O4P/c1-2-10-11(9)5-3-4-6(7)8/h2-5H2,1H3/p+1. The fourth-order valence-electron chi connectivity index (χ4n) is 0.568. The molecule has 1 atom stereocenters. The molecular weight excluding hydrogens is 167 g/mol. The van der Waals surface area contributed by atoms with Crippen LogP contribution in [0.2, 0.25) is 0 Å². The highest BCUT2D eigenvalue weighted by molar-refractivity contribution is 7.39. The molecule has 0 bridgehead atoms. The van der Waals surface area contributed by atoms with E-state index in [1.54, 1.807) is 6.92 Å². The molecule has 0 heterocycles. The smallest absolute Gasteiger partial charge is 0.481 e. The summed E-state index contributed by atoms with van der Waals surface area (Å²) in [6.45, 7) is 2.17. The summed E-state index contributed by atoms with van der Waals surface area (Å²) in [4.78, 5) is 10.0. The van der Waals surface area contributed by atoms with Gasteiger partial charge in [-0.05, 0) is 11.5 Å². The molecule has 4 nitrogen and oxygen atoms in total. The third-order valence-corrected chi connectivity index (χ3v) is 2.23. The minimum Gasteiger partial charge on any atom is -0.481 e. The third-order valence-electron chi connectivity index (χ3n) is 1.00. The first-order valence-corrected chi connectivity index (χ1v) is 4.82. The van der Waals surface area contributed by atoms with Crippen LogP contribution in [0.15, 0.2) is 0 Å². The van der Waals surface area contributed by atoms with Gasteiger partial charge in [-0.3, -0.25) is 4.79 Å². The highest BCUT2D eigenvalue weighted by Gasteiger charge is 2.15. The Hall–Kier alpha value is -0.470. The molecule has 0 fully saturated rings. The lowest BCUT2D eigenvalue weighted by atomic mass is 10.3. The monoisotopic (exact) mass is 179 g/mol. The molecule has 1 unspecified atom stereocenters. The van der Waals surface area contributed by atoms with Crippen molar-refractivity contribution in [2.45, 2.75) is 19.8 Å². The molecule has 0 aliphatic rings. The lowest BCUT2D eigenvalue weighted by molar-refractivity contribution is -0.137. The van der Waals surface area contributed by atoms with Gasteiger partial charge in [0, 0.05) is 12.8 Å². The van der Waals surface area contributed by atoms with E-state index in [1.807, 2.05) is 0 Å². The SMILES string of the molecule is CCO[P+](=O)CCCC(=O)O. The number of hydrogen-bond acceptors (Lipinski definition) is 3. The van der Waals surface area contributed by atoms with Crippen LogP contribution >= 0.6 is 8.03 Å². The van der Waals surface area contributed by atoms with E-state index < -0.39 is 14.0 Å². The van der Waals surface area contributed by atoms with Crippen molar-refractivity contribution < 1.29 is 19.0 Å². The van der Waals surface area contributed by atoms with Crippen LogP contribution < -0.4 is 0 Å². The molecule has 0 spiro atoms. The Morgan fingerprint density at radius 2 is 2.27 bits per heavy atom. The van der Waals surface area contributed by atoms with E-state index in [4.69, 9.17) is 9.63 Å². The molecular formula is C6H12O4P+. The fourth-order valence-corrected chi connectivity index (χ4v) is 1.40. The van der Waals surface area contributed by atoms with E-state index >= 15 is 0 Å². The van der Waals surface area contributed by atoms with Crippen LogP contribution in [0.4, 0.5) is 0 Å². The zero-order chi connectivity index (χ0) is 8.69. The molecule has 0 amide bonds. The average molecular weight is 179 g/mol. The maximum atomic E-state index is 10.8. The van der Waals surface area contributed by atoms with Gasteiger partial charge in [-0.1, -0.05) is 0 Å². The van der Waals surface area contributed by atoms with Crippen molar-refractivity contribution in [3.63, 3.8) is 0 Å². The van der Waals surface area contributed by atoms with Gasteiger partial charge in [0.25, 0.3) is 0 Å². The number of carboxylic acid groups (broad SMARTS) is 1. The van der Waals surface area contributed by atoms with E-state index in [9.17, 15) is 9.36 Å². The largest absolute Gasteiger partial charge is 0.508 e. The second kappa shape index (κ2) is 6.25. The quantitative estimate of drug-likeness (QED) is 0.629. The predicted octanol–water partition coefficient (Wildman–Crippen LogP) is 1.63. The maximum absolute atomic E-state index is 10.8. The van der Waals surface area contributed by atoms with E-state index in [1.165, 1.54) is 0 Å². The summed E-state index contributed by atoms with van der Waals surface area (Å²) in [5, 5.41) is 8.22. The fraction of sp³-hybridized carbons (Fsp3) is 0.833. The van der Waals surface area contributed by atoms with Gasteiger partial charge < -0.3 is 5.11 Å². The van der Waals surface area contributed by atoms with Gasteiger partial charge in [0.1, 0.15) is 0 Å². The van der Waals surface area contributed by atoms with Gasteiger partial charge in [0.15, 0.2) is 6.16 Å². The van der Waals surface area contributed by atoms with Crippen molar-refractivity contribution in [1.29, 1.82) is 0 Å². The van der Waals surface area contributed by atoms with Crippen molar-refractivity contribution >= 4 is 14.0 Å². The number of rotatable bonds is 6. The van der Waals surface area contributed by atoms with Crippen LogP contribution in [0.25, 0.3) is 0 Å². The lowest BCUT2D eigenvalue weighted by Crippen LogP contribution is -1.95. The van der Waals surface area contributed by atoms with E-state index in [2.05, 4.69) is 0 Å². The molecule has 1 N–H and O–H groups in total. The van der Waals surface area contributed by atoms with Gasteiger partial charge >= 0.3 is 14.0 Å². The topological polar surface area (TPSA) is 63.6 Å². The summed E-state index contributed by atoms with van der Waals surface area (Å²) < 4.78 is 15.5. The van der Waals surface area contributed by atoms with Crippen molar-refractivity contribution in [3.8, 4) is 0 Å². The molecule has 0 aromatic rings. The first-order valence-electron chi connectivity index (χ1n) is 3.46. The molecule has 0 rings (SSSR count). The minimum absolute atomic E-state index is 0.0636. The van der Waals surface area contributed by atoms with Crippen LogP contribution in [0, 0.1) is 0 Å². The number of carbonyl (C=O) groups is 1. The summed E-state index contributed by atoms with van der Waals surface area (Å²) in [5.74, 6) is -0.857. The Bertz CT molecular complexity index is 146. The molecule has 0 aromatic heterocycles. The van der Waals surface area contributed by atoms with Crippen LogP contribution in [-0.2, 0) is 13.9 Å². The normalized spacial score (nSPS) is 11.2. The van der Waals surface area contributed by atoms with E-state index in [0.29, 0.717) is 19.2 Å². The molecule has 0 aromatic carbocycles. The lowest BCUT2D eigenvalue weighted by Gasteiger charge is -1.86. The van der Waals surface area contributed by atoms with Crippen LogP contribution in [0.3, 0.4) is 0 Å². The van der Waals surface area contributed by atoms with Gasteiger partial charge in [0.2, 0.25) is 0 Å². The van der Waals surface area contributed by atoms with Gasteiger partial charge in [-0.2, -0.15) is 0 Å². The highest BCUT2D eigenvalue weighted by Crippen LogP contribution is 2.22. The third kappa shape index (κ3) is 7.43. The zero-order valence-corrected chi connectivity index (χ0v) is 7.34. The molecule has 0 saturated heterocycles. The van der Waals surface area contributed by atoms with Crippen LogP contribution in [0.5, 0.6) is 0 Å². The van der Waals surface area contributed by atoms with E-state index in [-0.39, 0.29) is 6.42 Å². The van der Waals surface area contributed by atoms with Crippen molar-refractivity contribution in [2.24, 2.45) is 0 Å². The molecule has 64 valence electrons. The predicted molar refractivity (Wildman–Crippen MR) is 41.0 cm³/mol. The molecule has 5 heteroatoms. The Morgan fingerprint density at radius 1 is 1.64 bits per heavy atom. The summed E-state index contributed by atoms with van der Waals surface area (Å²) in [6, 6.07) is 0. The molecule has 0 saturated carbocycles. The van der Waals surface area contributed by atoms with Crippen molar-refractivity contribution in [2.75, 3.05) is 12.8 Å².